The summed E-state index contributed by atoms with van der Waals surface area (Å²) in [7, 11) is 0. The first-order valence-corrected chi connectivity index (χ1v) is 6.24. The van der Waals surface area contributed by atoms with Crippen LogP contribution in [0.25, 0.3) is 11.1 Å². The van der Waals surface area contributed by atoms with Crippen molar-refractivity contribution in [3.63, 3.8) is 0 Å². The van der Waals surface area contributed by atoms with Crippen LogP contribution in [0, 0.1) is 5.82 Å². The number of nitrogens with two attached hydrogens (primary N) is 1. The van der Waals surface area contributed by atoms with Crippen LogP contribution in [0.15, 0.2) is 42.5 Å². The highest BCUT2D eigenvalue weighted by atomic mass is 19.4. The fourth-order valence-corrected chi connectivity index (χ4v) is 1.99. The zero-order valence-electron chi connectivity index (χ0n) is 11.0. The summed E-state index contributed by atoms with van der Waals surface area (Å²) in [6.45, 7) is 0.318. The molecule has 0 spiro atoms. The summed E-state index contributed by atoms with van der Waals surface area (Å²) < 4.78 is 54.2. The minimum absolute atomic E-state index is 0.318. The summed E-state index contributed by atoms with van der Waals surface area (Å²) in [4.78, 5) is 0. The van der Waals surface area contributed by atoms with Crippen LogP contribution in [0.1, 0.15) is 5.56 Å². The molecule has 6 heteroatoms. The van der Waals surface area contributed by atoms with Gasteiger partial charge in [-0.05, 0) is 36.2 Å². The van der Waals surface area contributed by atoms with Gasteiger partial charge < -0.3 is 10.5 Å². The van der Waals surface area contributed by atoms with E-state index in [2.05, 4.69) is 4.74 Å². The Kier molecular flexibility index (Phi) is 4.47. The van der Waals surface area contributed by atoms with Gasteiger partial charge in [0.2, 0.25) is 0 Å². The van der Waals surface area contributed by atoms with Crippen LogP contribution in [0.4, 0.5) is 17.6 Å². The number of halogens is 4. The lowest BCUT2D eigenvalue weighted by Crippen LogP contribution is -2.16. The summed E-state index contributed by atoms with van der Waals surface area (Å²) in [6, 6.07) is 9.94. The zero-order chi connectivity index (χ0) is 15.5. The molecular formula is C15H13F4NO. The SMILES string of the molecule is NCCc1cccc(-c2ccc(OC(F)(F)F)cc2)c1F. The predicted octanol–water partition coefficient (Wildman–Crippen LogP) is 3.89. The topological polar surface area (TPSA) is 35.2 Å². The molecule has 2 rings (SSSR count). The Balaban J connectivity index is 2.29. The molecule has 0 unspecified atom stereocenters. The third kappa shape index (κ3) is 3.95. The molecule has 2 N–H and O–H groups in total. The van der Waals surface area contributed by atoms with Crippen molar-refractivity contribution in [2.45, 2.75) is 12.8 Å². The van der Waals surface area contributed by atoms with Crippen molar-refractivity contribution < 1.29 is 22.3 Å². The van der Waals surface area contributed by atoms with Crippen molar-refractivity contribution in [3.05, 3.63) is 53.8 Å². The predicted molar refractivity (Wildman–Crippen MR) is 71.3 cm³/mol. The molecule has 0 aliphatic heterocycles. The van der Waals surface area contributed by atoms with Gasteiger partial charge in [-0.2, -0.15) is 0 Å². The molecule has 0 bridgehead atoms. The first-order valence-electron chi connectivity index (χ1n) is 6.24. The van der Waals surface area contributed by atoms with E-state index in [0.717, 1.165) is 12.1 Å². The summed E-state index contributed by atoms with van der Waals surface area (Å²) in [5.74, 6) is -0.753. The molecule has 2 aromatic rings. The van der Waals surface area contributed by atoms with Crippen LogP contribution >= 0.6 is 0 Å². The maximum absolute atomic E-state index is 14.3. The molecule has 0 saturated carbocycles. The van der Waals surface area contributed by atoms with Gasteiger partial charge in [-0.25, -0.2) is 4.39 Å². The molecule has 2 nitrogen and oxygen atoms in total. The fraction of sp³-hybridized carbons (Fsp3) is 0.200. The normalized spacial score (nSPS) is 11.5. The number of alkyl halides is 3. The summed E-state index contributed by atoms with van der Waals surface area (Å²) in [5.41, 5.74) is 6.68. The van der Waals surface area contributed by atoms with Gasteiger partial charge in [0.1, 0.15) is 11.6 Å². The Morgan fingerprint density at radius 3 is 2.24 bits per heavy atom. The number of benzene rings is 2. The van der Waals surface area contributed by atoms with Gasteiger partial charge in [0.25, 0.3) is 0 Å². The first-order chi connectivity index (χ1) is 9.90. The van der Waals surface area contributed by atoms with Gasteiger partial charge in [0.05, 0.1) is 0 Å². The monoisotopic (exact) mass is 299 g/mol. The molecule has 0 fully saturated rings. The lowest BCUT2D eigenvalue weighted by atomic mass is 10.0. The largest absolute Gasteiger partial charge is 0.573 e. The van der Waals surface area contributed by atoms with Crippen LogP contribution in [-0.2, 0) is 6.42 Å². The van der Waals surface area contributed by atoms with Crippen LogP contribution in [0.3, 0.4) is 0 Å². The minimum Gasteiger partial charge on any atom is -0.406 e. The van der Waals surface area contributed by atoms with E-state index in [1.807, 2.05) is 0 Å². The molecule has 0 aliphatic carbocycles. The Morgan fingerprint density at radius 1 is 1.00 bits per heavy atom. The van der Waals surface area contributed by atoms with Gasteiger partial charge in [0, 0.05) is 5.56 Å². The fourth-order valence-electron chi connectivity index (χ4n) is 1.99. The van der Waals surface area contributed by atoms with E-state index in [-0.39, 0.29) is 5.75 Å². The highest BCUT2D eigenvalue weighted by molar-refractivity contribution is 5.65. The van der Waals surface area contributed by atoms with Gasteiger partial charge in [-0.3, -0.25) is 0 Å². The van der Waals surface area contributed by atoms with Crippen LogP contribution < -0.4 is 10.5 Å². The van der Waals surface area contributed by atoms with Crippen molar-refractivity contribution in [3.8, 4) is 16.9 Å². The second kappa shape index (κ2) is 6.13. The molecule has 0 atom stereocenters. The van der Waals surface area contributed by atoms with Crippen LogP contribution in [-0.4, -0.2) is 12.9 Å². The number of hydrogen-bond acceptors (Lipinski definition) is 2. The van der Waals surface area contributed by atoms with E-state index in [4.69, 9.17) is 5.73 Å². The molecule has 112 valence electrons. The number of ether oxygens (including phenoxy) is 1. The molecule has 2 aromatic carbocycles. The Morgan fingerprint density at radius 2 is 1.67 bits per heavy atom. The van der Waals surface area contributed by atoms with E-state index < -0.39 is 12.2 Å². The summed E-state index contributed by atoms with van der Waals surface area (Å²) in [5, 5.41) is 0. The maximum atomic E-state index is 14.3. The first kappa shape index (κ1) is 15.3. The highest BCUT2D eigenvalue weighted by Crippen LogP contribution is 2.29. The van der Waals surface area contributed by atoms with Crippen molar-refractivity contribution in [1.82, 2.24) is 0 Å². The molecular weight excluding hydrogens is 286 g/mol. The smallest absolute Gasteiger partial charge is 0.406 e. The molecule has 0 aliphatic rings. The second-order valence-electron chi connectivity index (χ2n) is 4.39. The lowest BCUT2D eigenvalue weighted by Gasteiger charge is -2.11. The van der Waals surface area contributed by atoms with Crippen LogP contribution in [0.2, 0.25) is 0 Å². The van der Waals surface area contributed by atoms with Crippen LogP contribution in [0.5, 0.6) is 5.75 Å². The van der Waals surface area contributed by atoms with Crippen molar-refractivity contribution in [1.29, 1.82) is 0 Å². The van der Waals surface area contributed by atoms with E-state index >= 15 is 0 Å². The van der Waals surface area contributed by atoms with Crippen molar-refractivity contribution in [2.24, 2.45) is 5.73 Å². The molecule has 21 heavy (non-hydrogen) atoms. The third-order valence-corrected chi connectivity index (χ3v) is 2.89. The van der Waals surface area contributed by atoms with E-state index in [0.29, 0.717) is 29.7 Å². The Hall–Kier alpha value is -2.08. The number of hydrogen-bond donors (Lipinski definition) is 1. The summed E-state index contributed by atoms with van der Waals surface area (Å²) >= 11 is 0. The molecule has 0 aromatic heterocycles. The van der Waals surface area contributed by atoms with Gasteiger partial charge in [0.15, 0.2) is 0 Å². The summed E-state index contributed by atoms with van der Waals surface area (Å²) in [6.07, 6.45) is -4.34. The minimum atomic E-state index is -4.74. The average molecular weight is 299 g/mol. The zero-order valence-corrected chi connectivity index (χ0v) is 11.0. The second-order valence-corrected chi connectivity index (χ2v) is 4.39. The highest BCUT2D eigenvalue weighted by Gasteiger charge is 2.31. The maximum Gasteiger partial charge on any atom is 0.573 e. The molecule has 0 saturated heterocycles. The number of rotatable bonds is 4. The molecule has 0 amide bonds. The van der Waals surface area contributed by atoms with Crippen molar-refractivity contribution >= 4 is 0 Å². The average Bonchev–Trinajstić information content (AvgIpc) is 2.41. The quantitative estimate of drug-likeness (QED) is 0.869. The molecule has 0 heterocycles. The Labute approximate surface area is 119 Å². The molecule has 0 radical (unpaired) electrons. The Bertz CT molecular complexity index is 608. The van der Waals surface area contributed by atoms with Gasteiger partial charge >= 0.3 is 6.36 Å². The third-order valence-electron chi connectivity index (χ3n) is 2.89. The standard InChI is InChI=1S/C15H13F4NO/c16-14-11(8-9-20)2-1-3-13(14)10-4-6-12(7-5-10)21-15(17,18)19/h1-7H,8-9,20H2. The van der Waals surface area contributed by atoms with Gasteiger partial charge in [-0.15, -0.1) is 13.2 Å². The van der Waals surface area contributed by atoms with E-state index in [9.17, 15) is 17.6 Å². The van der Waals surface area contributed by atoms with E-state index in [1.165, 1.54) is 12.1 Å². The lowest BCUT2D eigenvalue weighted by molar-refractivity contribution is -0.274. The van der Waals surface area contributed by atoms with E-state index in [1.54, 1.807) is 18.2 Å². The van der Waals surface area contributed by atoms with Gasteiger partial charge in [-0.1, -0.05) is 30.3 Å². The van der Waals surface area contributed by atoms with Crippen molar-refractivity contribution in [2.75, 3.05) is 6.54 Å².